The van der Waals surface area contributed by atoms with Gasteiger partial charge in [-0.3, -0.25) is 4.40 Å². The second-order valence-corrected chi connectivity index (χ2v) is 5.14. The minimum Gasteiger partial charge on any atom is -0.451 e. The third-order valence-corrected chi connectivity index (χ3v) is 3.82. The van der Waals surface area contributed by atoms with Gasteiger partial charge in [0.15, 0.2) is 11.8 Å². The van der Waals surface area contributed by atoms with Crippen LogP contribution >= 0.6 is 22.9 Å². The van der Waals surface area contributed by atoms with Crippen LogP contribution in [0.4, 0.5) is 0 Å². The molecule has 0 saturated heterocycles. The van der Waals surface area contributed by atoms with Crippen LogP contribution in [0.3, 0.4) is 0 Å². The van der Waals surface area contributed by atoms with Crippen molar-refractivity contribution in [1.82, 2.24) is 14.4 Å². The molecule has 0 saturated carbocycles. The summed E-state index contributed by atoms with van der Waals surface area (Å²) in [5.74, 6) is 0.706. The van der Waals surface area contributed by atoms with Crippen LogP contribution in [0.5, 0.6) is 5.88 Å². The van der Waals surface area contributed by atoms with Crippen molar-refractivity contribution >= 4 is 27.9 Å². The highest BCUT2D eigenvalue weighted by Crippen LogP contribution is 2.29. The molecule has 0 amide bonds. The lowest BCUT2D eigenvalue weighted by molar-refractivity contribution is 0.0193. The summed E-state index contributed by atoms with van der Waals surface area (Å²) in [6, 6.07) is 3.73. The highest BCUT2D eigenvalue weighted by atomic mass is 35.5. The van der Waals surface area contributed by atoms with Gasteiger partial charge in [-0.2, -0.15) is 0 Å². The lowest BCUT2D eigenvalue weighted by atomic mass is 10.2. The van der Waals surface area contributed by atoms with Gasteiger partial charge in [0.1, 0.15) is 5.15 Å². The van der Waals surface area contributed by atoms with E-state index in [2.05, 4.69) is 9.97 Å². The Balaban J connectivity index is 1.93. The van der Waals surface area contributed by atoms with Gasteiger partial charge in [0.2, 0.25) is 5.88 Å². The summed E-state index contributed by atoms with van der Waals surface area (Å²) < 4.78 is 12.6. The normalized spacial score (nSPS) is 11.1. The SMILES string of the molecule is CCOCOc1csc2nc(-c3cccnc3Cl)cn12. The molecule has 7 heteroatoms. The molecule has 3 rings (SSSR count). The van der Waals surface area contributed by atoms with E-state index in [0.29, 0.717) is 17.6 Å². The molecule has 3 heterocycles. The number of rotatable bonds is 5. The van der Waals surface area contributed by atoms with E-state index in [1.165, 1.54) is 11.3 Å². The number of fused-ring (bicyclic) bond motifs is 1. The third kappa shape index (κ3) is 2.49. The van der Waals surface area contributed by atoms with E-state index in [-0.39, 0.29) is 6.79 Å². The second-order valence-electron chi connectivity index (χ2n) is 3.95. The average Bonchev–Trinajstić information content (AvgIpc) is 3.01. The summed E-state index contributed by atoms with van der Waals surface area (Å²) in [5, 5.41) is 2.34. The Morgan fingerprint density at radius 2 is 2.35 bits per heavy atom. The van der Waals surface area contributed by atoms with Crippen molar-refractivity contribution < 1.29 is 9.47 Å². The number of hydrogen-bond acceptors (Lipinski definition) is 5. The van der Waals surface area contributed by atoms with Gasteiger partial charge in [0.25, 0.3) is 0 Å². The molecule has 0 fully saturated rings. The van der Waals surface area contributed by atoms with Crippen LogP contribution in [0.25, 0.3) is 16.2 Å². The van der Waals surface area contributed by atoms with Crippen LogP contribution < -0.4 is 4.74 Å². The number of ether oxygens (including phenoxy) is 2. The Morgan fingerprint density at radius 3 is 3.15 bits per heavy atom. The fraction of sp³-hybridized carbons (Fsp3) is 0.231. The lowest BCUT2D eigenvalue weighted by Gasteiger charge is -2.03. The summed E-state index contributed by atoms with van der Waals surface area (Å²) >= 11 is 7.59. The third-order valence-electron chi connectivity index (χ3n) is 2.71. The Kier molecular flexibility index (Phi) is 3.86. The van der Waals surface area contributed by atoms with Crippen LogP contribution in [-0.2, 0) is 4.74 Å². The maximum atomic E-state index is 6.09. The first-order chi connectivity index (χ1) is 9.79. The van der Waals surface area contributed by atoms with Gasteiger partial charge in [-0.15, -0.1) is 11.3 Å². The zero-order valence-electron chi connectivity index (χ0n) is 10.7. The summed E-state index contributed by atoms with van der Waals surface area (Å²) in [4.78, 5) is 9.43. The van der Waals surface area contributed by atoms with Crippen LogP contribution in [0.1, 0.15) is 6.92 Å². The highest BCUT2D eigenvalue weighted by molar-refractivity contribution is 7.15. The van der Waals surface area contributed by atoms with Gasteiger partial charge in [-0.05, 0) is 19.1 Å². The monoisotopic (exact) mass is 309 g/mol. The van der Waals surface area contributed by atoms with Crippen molar-refractivity contribution in [2.45, 2.75) is 6.92 Å². The molecule has 104 valence electrons. The minimum atomic E-state index is 0.226. The highest BCUT2D eigenvalue weighted by Gasteiger charge is 2.12. The van der Waals surface area contributed by atoms with E-state index in [1.54, 1.807) is 6.20 Å². The maximum absolute atomic E-state index is 6.09. The zero-order chi connectivity index (χ0) is 13.9. The van der Waals surface area contributed by atoms with E-state index in [1.807, 2.05) is 35.0 Å². The summed E-state index contributed by atoms with van der Waals surface area (Å²) in [6.45, 7) is 2.77. The molecule has 0 spiro atoms. The molecule has 5 nitrogen and oxygen atoms in total. The molecular weight excluding hydrogens is 298 g/mol. The van der Waals surface area contributed by atoms with E-state index in [0.717, 1.165) is 16.2 Å². The minimum absolute atomic E-state index is 0.226. The van der Waals surface area contributed by atoms with Crippen LogP contribution in [0.15, 0.2) is 29.9 Å². The lowest BCUT2D eigenvalue weighted by Crippen LogP contribution is -2.03. The molecule has 0 aliphatic heterocycles. The molecule has 0 unspecified atom stereocenters. The van der Waals surface area contributed by atoms with Crippen LogP contribution in [-0.4, -0.2) is 27.8 Å². The molecule has 0 atom stereocenters. The standard InChI is InChI=1S/C13H12ClN3O2S/c1-2-18-8-19-11-7-20-13-16-10(6-17(11)13)9-4-3-5-15-12(9)14/h3-7H,2,8H2,1H3. The van der Waals surface area contributed by atoms with E-state index >= 15 is 0 Å². The summed E-state index contributed by atoms with van der Waals surface area (Å²) in [6.07, 6.45) is 3.54. The Labute approximate surface area is 124 Å². The number of halogens is 1. The number of thiazole rings is 1. The Morgan fingerprint density at radius 1 is 1.45 bits per heavy atom. The van der Waals surface area contributed by atoms with Crippen LogP contribution in [0, 0.1) is 0 Å². The van der Waals surface area contributed by atoms with Gasteiger partial charge in [0.05, 0.1) is 11.1 Å². The first-order valence-electron chi connectivity index (χ1n) is 6.07. The quantitative estimate of drug-likeness (QED) is 0.411. The summed E-state index contributed by atoms with van der Waals surface area (Å²) in [5.41, 5.74) is 1.58. The number of hydrogen-bond donors (Lipinski definition) is 0. The van der Waals surface area contributed by atoms with Gasteiger partial charge in [-0.1, -0.05) is 11.6 Å². The molecule has 3 aromatic rings. The van der Waals surface area contributed by atoms with Crippen molar-refractivity contribution in [3.05, 3.63) is 35.1 Å². The molecule has 3 aromatic heterocycles. The summed E-state index contributed by atoms with van der Waals surface area (Å²) in [7, 11) is 0. The second kappa shape index (κ2) is 5.78. The molecule has 20 heavy (non-hydrogen) atoms. The van der Waals surface area contributed by atoms with Gasteiger partial charge in [-0.25, -0.2) is 9.97 Å². The van der Waals surface area contributed by atoms with Crippen molar-refractivity contribution in [3.63, 3.8) is 0 Å². The fourth-order valence-corrected chi connectivity index (χ4v) is 2.77. The number of aromatic nitrogens is 3. The van der Waals surface area contributed by atoms with E-state index < -0.39 is 0 Å². The number of imidazole rings is 1. The average molecular weight is 310 g/mol. The smallest absolute Gasteiger partial charge is 0.212 e. The molecule has 0 aromatic carbocycles. The van der Waals surface area contributed by atoms with E-state index in [9.17, 15) is 0 Å². The largest absolute Gasteiger partial charge is 0.451 e. The van der Waals surface area contributed by atoms with Crippen molar-refractivity contribution in [2.75, 3.05) is 13.4 Å². The molecule has 0 N–H and O–H groups in total. The molecule has 0 bridgehead atoms. The molecule has 0 radical (unpaired) electrons. The van der Waals surface area contributed by atoms with Crippen molar-refractivity contribution in [1.29, 1.82) is 0 Å². The van der Waals surface area contributed by atoms with Crippen molar-refractivity contribution in [2.24, 2.45) is 0 Å². The topological polar surface area (TPSA) is 48.7 Å². The predicted octanol–water partition coefficient (Wildman–Crippen LogP) is 3.48. The maximum Gasteiger partial charge on any atom is 0.212 e. The first-order valence-corrected chi connectivity index (χ1v) is 7.33. The van der Waals surface area contributed by atoms with Crippen molar-refractivity contribution in [3.8, 4) is 17.1 Å². The van der Waals surface area contributed by atoms with E-state index in [4.69, 9.17) is 21.1 Å². The Hall–Kier alpha value is -1.63. The number of pyridine rings is 1. The van der Waals surface area contributed by atoms with Gasteiger partial charge < -0.3 is 9.47 Å². The van der Waals surface area contributed by atoms with Gasteiger partial charge >= 0.3 is 0 Å². The molecule has 0 aliphatic rings. The Bertz CT molecular complexity index is 725. The molecule has 0 aliphatic carbocycles. The first kappa shape index (κ1) is 13.4. The fourth-order valence-electron chi connectivity index (χ4n) is 1.76. The van der Waals surface area contributed by atoms with Crippen LogP contribution in [0.2, 0.25) is 5.15 Å². The predicted molar refractivity (Wildman–Crippen MR) is 78.4 cm³/mol. The van der Waals surface area contributed by atoms with Gasteiger partial charge in [0, 0.05) is 24.6 Å². The molecular formula is C13H12ClN3O2S. The zero-order valence-corrected chi connectivity index (χ0v) is 12.3. The number of nitrogens with zero attached hydrogens (tertiary/aromatic N) is 3.